The third-order valence-corrected chi connectivity index (χ3v) is 3.93. The molecule has 1 aromatic carbocycles. The molecular weight excluding hydrogens is 404 g/mol. The Kier molecular flexibility index (Phi) is 4.40. The summed E-state index contributed by atoms with van der Waals surface area (Å²) in [6.45, 7) is -1.34. The van der Waals surface area contributed by atoms with Crippen molar-refractivity contribution >= 4 is 34.2 Å². The number of benzene rings is 1. The fourth-order valence-corrected chi connectivity index (χ4v) is 2.46. The molecule has 0 saturated heterocycles. The van der Waals surface area contributed by atoms with Crippen molar-refractivity contribution in [1.82, 2.24) is 4.90 Å². The summed E-state index contributed by atoms with van der Waals surface area (Å²) in [7, 11) is 0. The van der Waals surface area contributed by atoms with Gasteiger partial charge in [-0.05, 0) is 41.5 Å². The zero-order chi connectivity index (χ0) is 15.8. The normalized spacial score (nSPS) is 14.9. The number of carbonyl (C=O) groups excluding carboxylic acids is 1. The first kappa shape index (κ1) is 16.0. The van der Waals surface area contributed by atoms with Gasteiger partial charge in [0.1, 0.15) is 6.54 Å². The Bertz CT molecular complexity index is 588. The quantitative estimate of drug-likeness (QED) is 0.431. The Morgan fingerprint density at radius 2 is 2.05 bits per heavy atom. The molecule has 1 aliphatic rings. The Hall–Kier alpha value is -1.39. The first-order valence-corrected chi connectivity index (χ1v) is 7.08. The Morgan fingerprint density at radius 3 is 2.52 bits per heavy atom. The molecule has 0 atom stereocenters. The summed E-state index contributed by atoms with van der Waals surface area (Å²) in [5, 5.41) is 10.7. The highest BCUT2D eigenvalue weighted by atomic mass is 127. The van der Waals surface area contributed by atoms with E-state index in [1.54, 1.807) is 22.6 Å². The van der Waals surface area contributed by atoms with Crippen LogP contribution in [0.3, 0.4) is 0 Å². The maximum Gasteiger partial charge on any atom is 0.406 e. The van der Waals surface area contributed by atoms with Crippen molar-refractivity contribution in [1.29, 1.82) is 0 Å². The second-order valence-corrected chi connectivity index (χ2v) is 5.86. The van der Waals surface area contributed by atoms with Crippen LogP contribution < -0.4 is 0 Å². The summed E-state index contributed by atoms with van der Waals surface area (Å²) in [6.07, 6.45) is -3.45. The molecule has 0 heterocycles. The minimum atomic E-state index is -4.50. The highest BCUT2D eigenvalue weighted by molar-refractivity contribution is 14.1. The molecule has 0 spiro atoms. The van der Waals surface area contributed by atoms with E-state index in [9.17, 15) is 28.1 Å². The SMILES string of the molecule is O=C(c1cc([N+](=O)[O-])ccc1I)N(CC(F)(F)F)C1CC1. The van der Waals surface area contributed by atoms with E-state index in [-0.39, 0.29) is 11.3 Å². The van der Waals surface area contributed by atoms with Crippen molar-refractivity contribution in [2.24, 2.45) is 0 Å². The molecule has 9 heteroatoms. The van der Waals surface area contributed by atoms with Crippen LogP contribution in [-0.2, 0) is 0 Å². The number of hydrogen-bond acceptors (Lipinski definition) is 3. The standard InChI is InChI=1S/C12H10F3IN2O3/c13-12(14,15)6-17(7-1-2-7)11(19)9-5-8(18(20)21)3-4-10(9)16/h3-5,7H,1-2,6H2. The number of hydrogen-bond donors (Lipinski definition) is 0. The minimum Gasteiger partial charge on any atom is -0.327 e. The van der Waals surface area contributed by atoms with E-state index in [0.717, 1.165) is 11.0 Å². The molecule has 0 radical (unpaired) electrons. The molecule has 2 rings (SSSR count). The second kappa shape index (κ2) is 5.78. The molecule has 21 heavy (non-hydrogen) atoms. The van der Waals surface area contributed by atoms with Gasteiger partial charge in [0.2, 0.25) is 0 Å². The zero-order valence-electron chi connectivity index (χ0n) is 10.6. The lowest BCUT2D eigenvalue weighted by atomic mass is 10.1. The molecule has 0 bridgehead atoms. The lowest BCUT2D eigenvalue weighted by molar-refractivity contribution is -0.384. The van der Waals surface area contributed by atoms with Crippen molar-refractivity contribution in [2.45, 2.75) is 25.1 Å². The van der Waals surface area contributed by atoms with Gasteiger partial charge in [0.15, 0.2) is 0 Å². The number of nitro benzene ring substituents is 1. The summed E-state index contributed by atoms with van der Waals surface area (Å²) in [5.41, 5.74) is -0.387. The van der Waals surface area contributed by atoms with Crippen LogP contribution in [0.4, 0.5) is 18.9 Å². The molecule has 1 fully saturated rings. The van der Waals surface area contributed by atoms with E-state index >= 15 is 0 Å². The van der Waals surface area contributed by atoms with Crippen LogP contribution in [0.5, 0.6) is 0 Å². The number of non-ortho nitro benzene ring substituents is 1. The molecule has 0 N–H and O–H groups in total. The number of amides is 1. The van der Waals surface area contributed by atoms with Crippen molar-refractivity contribution < 1.29 is 22.9 Å². The van der Waals surface area contributed by atoms with E-state index in [1.165, 1.54) is 12.1 Å². The molecule has 1 aromatic rings. The number of rotatable bonds is 4. The van der Waals surface area contributed by atoms with Crippen LogP contribution >= 0.6 is 22.6 Å². The lowest BCUT2D eigenvalue weighted by Gasteiger charge is -2.24. The smallest absolute Gasteiger partial charge is 0.327 e. The first-order chi connectivity index (χ1) is 9.69. The van der Waals surface area contributed by atoms with Crippen molar-refractivity contribution in [3.63, 3.8) is 0 Å². The van der Waals surface area contributed by atoms with Crippen molar-refractivity contribution in [3.05, 3.63) is 37.4 Å². The predicted molar refractivity (Wildman–Crippen MR) is 75.9 cm³/mol. The summed E-state index contributed by atoms with van der Waals surface area (Å²) in [6, 6.07) is 3.15. The Morgan fingerprint density at radius 1 is 1.43 bits per heavy atom. The van der Waals surface area contributed by atoms with Crippen LogP contribution in [-0.4, -0.2) is 34.5 Å². The lowest BCUT2D eigenvalue weighted by Crippen LogP contribution is -2.40. The van der Waals surface area contributed by atoms with Gasteiger partial charge in [-0.1, -0.05) is 0 Å². The van der Waals surface area contributed by atoms with Crippen LogP contribution in [0.1, 0.15) is 23.2 Å². The first-order valence-electron chi connectivity index (χ1n) is 6.00. The Balaban J connectivity index is 2.32. The molecule has 1 saturated carbocycles. The van der Waals surface area contributed by atoms with Gasteiger partial charge in [0, 0.05) is 21.7 Å². The van der Waals surface area contributed by atoms with E-state index < -0.39 is 29.6 Å². The highest BCUT2D eigenvalue weighted by Gasteiger charge is 2.41. The topological polar surface area (TPSA) is 63.4 Å². The molecular formula is C12H10F3IN2O3. The number of alkyl halides is 3. The maximum absolute atomic E-state index is 12.6. The highest BCUT2D eigenvalue weighted by Crippen LogP contribution is 2.32. The van der Waals surface area contributed by atoms with Crippen molar-refractivity contribution in [3.8, 4) is 0 Å². The molecule has 0 unspecified atom stereocenters. The number of nitrogens with zero attached hydrogens (tertiary/aromatic N) is 2. The summed E-state index contributed by atoms with van der Waals surface area (Å²) in [5.74, 6) is -0.817. The average Bonchev–Trinajstić information content (AvgIpc) is 3.18. The van der Waals surface area contributed by atoms with Crippen LogP contribution in [0.2, 0.25) is 0 Å². The van der Waals surface area contributed by atoms with Gasteiger partial charge in [-0.2, -0.15) is 13.2 Å². The fourth-order valence-electron chi connectivity index (χ4n) is 1.89. The van der Waals surface area contributed by atoms with Gasteiger partial charge in [-0.25, -0.2) is 0 Å². The van der Waals surface area contributed by atoms with E-state index in [2.05, 4.69) is 0 Å². The van der Waals surface area contributed by atoms with Gasteiger partial charge in [-0.15, -0.1) is 0 Å². The maximum atomic E-state index is 12.6. The molecule has 0 aromatic heterocycles. The van der Waals surface area contributed by atoms with Crippen molar-refractivity contribution in [2.75, 3.05) is 6.54 Å². The fraction of sp³-hybridized carbons (Fsp3) is 0.417. The minimum absolute atomic E-state index is 0.0686. The summed E-state index contributed by atoms with van der Waals surface area (Å²) < 4.78 is 38.1. The van der Waals surface area contributed by atoms with E-state index in [4.69, 9.17) is 0 Å². The van der Waals surface area contributed by atoms with Gasteiger partial charge >= 0.3 is 6.18 Å². The summed E-state index contributed by atoms with van der Waals surface area (Å²) >= 11 is 1.78. The average molecular weight is 414 g/mol. The van der Waals surface area contributed by atoms with Crippen LogP contribution in [0.15, 0.2) is 18.2 Å². The molecule has 0 aliphatic heterocycles. The third kappa shape index (κ3) is 4.05. The second-order valence-electron chi connectivity index (χ2n) is 4.70. The van der Waals surface area contributed by atoms with Gasteiger partial charge in [-0.3, -0.25) is 14.9 Å². The summed E-state index contributed by atoms with van der Waals surface area (Å²) in [4.78, 5) is 23.1. The van der Waals surface area contributed by atoms with Gasteiger partial charge in [0.25, 0.3) is 11.6 Å². The van der Waals surface area contributed by atoms with Crippen LogP contribution in [0, 0.1) is 13.7 Å². The zero-order valence-corrected chi connectivity index (χ0v) is 12.7. The Labute approximate surface area is 131 Å². The van der Waals surface area contributed by atoms with Gasteiger partial charge in [0.05, 0.1) is 10.5 Å². The number of nitro groups is 1. The van der Waals surface area contributed by atoms with E-state index in [1.807, 2.05) is 0 Å². The monoisotopic (exact) mass is 414 g/mol. The van der Waals surface area contributed by atoms with E-state index in [0.29, 0.717) is 16.4 Å². The molecule has 5 nitrogen and oxygen atoms in total. The predicted octanol–water partition coefficient (Wildman–Crippen LogP) is 3.37. The number of carbonyl (C=O) groups is 1. The van der Waals surface area contributed by atoms with Crippen LogP contribution in [0.25, 0.3) is 0 Å². The largest absolute Gasteiger partial charge is 0.406 e. The molecule has 114 valence electrons. The number of halogens is 4. The molecule has 1 amide bonds. The van der Waals surface area contributed by atoms with Gasteiger partial charge < -0.3 is 4.90 Å². The third-order valence-electron chi connectivity index (χ3n) is 2.99. The molecule has 1 aliphatic carbocycles.